The topological polar surface area (TPSA) is 75.4 Å². The summed E-state index contributed by atoms with van der Waals surface area (Å²) in [5.74, 6) is -3.96. The third-order valence-electron chi connectivity index (χ3n) is 1.64. The zero-order valence-electron chi connectivity index (χ0n) is 7.67. The maximum atomic E-state index is 12.6. The number of nitrogen functional groups attached to an aromatic ring is 1. The van der Waals surface area contributed by atoms with Crippen LogP contribution in [0.25, 0.3) is 0 Å². The van der Waals surface area contributed by atoms with Crippen molar-refractivity contribution in [2.75, 3.05) is 18.9 Å². The number of aliphatic hydroxyl groups is 1. The van der Waals surface area contributed by atoms with Crippen LogP contribution in [0.2, 0.25) is 0 Å². The summed E-state index contributed by atoms with van der Waals surface area (Å²) in [6.07, 6.45) is 0. The molecule has 0 unspecified atom stereocenters. The Kier molecular flexibility index (Phi) is 3.59. The van der Waals surface area contributed by atoms with Gasteiger partial charge in [0.1, 0.15) is 11.5 Å². The number of aliphatic hydroxyl groups excluding tert-OH is 1. The van der Waals surface area contributed by atoms with Crippen LogP contribution in [0.15, 0.2) is 11.4 Å². The van der Waals surface area contributed by atoms with E-state index in [0.29, 0.717) is 0 Å². The molecule has 0 aliphatic heterocycles. The Labute approximate surface area is 88.7 Å². The van der Waals surface area contributed by atoms with Crippen LogP contribution in [-0.2, 0) is 0 Å². The monoisotopic (exact) mass is 236 g/mol. The molecule has 0 fully saturated rings. The van der Waals surface area contributed by atoms with Gasteiger partial charge in [-0.15, -0.1) is 11.3 Å². The Bertz CT molecular complexity index is 354. The van der Waals surface area contributed by atoms with Crippen LogP contribution in [0.3, 0.4) is 0 Å². The highest BCUT2D eigenvalue weighted by atomic mass is 32.1. The first-order valence-electron chi connectivity index (χ1n) is 4.06. The Morgan fingerprint density at radius 2 is 2.33 bits per heavy atom. The second-order valence-electron chi connectivity index (χ2n) is 2.90. The van der Waals surface area contributed by atoms with Crippen LogP contribution >= 0.6 is 11.3 Å². The van der Waals surface area contributed by atoms with Crippen molar-refractivity contribution in [3.05, 3.63) is 16.3 Å². The van der Waals surface area contributed by atoms with E-state index in [1.165, 1.54) is 6.07 Å². The number of thiophene rings is 1. The standard InChI is InChI=1S/C8H10F2N2O2S/c9-8(10,4-13)3-12-7(14)6-5(11)1-2-15-6/h1-2,13H,3-4,11H2,(H,12,14). The summed E-state index contributed by atoms with van der Waals surface area (Å²) in [5.41, 5.74) is 5.68. The first-order chi connectivity index (χ1) is 6.96. The SMILES string of the molecule is Nc1ccsc1C(=O)NCC(F)(F)CO. The maximum absolute atomic E-state index is 12.6. The zero-order valence-corrected chi connectivity index (χ0v) is 8.48. The van der Waals surface area contributed by atoms with Crippen molar-refractivity contribution >= 4 is 22.9 Å². The predicted molar refractivity (Wildman–Crippen MR) is 53.1 cm³/mol. The molecule has 0 saturated carbocycles. The van der Waals surface area contributed by atoms with Gasteiger partial charge in [0.2, 0.25) is 0 Å². The van der Waals surface area contributed by atoms with Crippen LogP contribution in [0, 0.1) is 0 Å². The first kappa shape index (κ1) is 11.9. The fourth-order valence-electron chi connectivity index (χ4n) is 0.849. The van der Waals surface area contributed by atoms with Gasteiger partial charge < -0.3 is 16.2 Å². The lowest BCUT2D eigenvalue weighted by Gasteiger charge is -2.13. The smallest absolute Gasteiger partial charge is 0.287 e. The van der Waals surface area contributed by atoms with Crippen LogP contribution in [0.1, 0.15) is 9.67 Å². The lowest BCUT2D eigenvalue weighted by atomic mass is 10.3. The minimum atomic E-state index is -3.30. The number of carbonyl (C=O) groups is 1. The molecule has 4 nitrogen and oxygen atoms in total. The van der Waals surface area contributed by atoms with Crippen LogP contribution in [0.4, 0.5) is 14.5 Å². The highest BCUT2D eigenvalue weighted by Gasteiger charge is 2.28. The van der Waals surface area contributed by atoms with Crippen molar-refractivity contribution in [3.8, 4) is 0 Å². The minimum absolute atomic E-state index is 0.198. The fraction of sp³-hybridized carbons (Fsp3) is 0.375. The quantitative estimate of drug-likeness (QED) is 0.720. The van der Waals surface area contributed by atoms with Gasteiger partial charge in [0.05, 0.1) is 12.2 Å². The Morgan fingerprint density at radius 1 is 1.67 bits per heavy atom. The molecular formula is C8H10F2N2O2S. The number of carbonyl (C=O) groups excluding carboxylic acids is 1. The van der Waals surface area contributed by atoms with Crippen molar-refractivity contribution in [1.29, 1.82) is 0 Å². The number of amides is 1. The lowest BCUT2D eigenvalue weighted by Crippen LogP contribution is -2.38. The van der Waals surface area contributed by atoms with Crippen molar-refractivity contribution in [2.24, 2.45) is 0 Å². The number of anilines is 1. The van der Waals surface area contributed by atoms with Gasteiger partial charge in [-0.2, -0.15) is 0 Å². The normalized spacial score (nSPS) is 11.4. The summed E-state index contributed by atoms with van der Waals surface area (Å²) in [6, 6.07) is 1.52. The van der Waals surface area contributed by atoms with E-state index in [4.69, 9.17) is 10.8 Å². The molecule has 1 heterocycles. The summed E-state index contributed by atoms with van der Waals surface area (Å²) in [4.78, 5) is 11.5. The lowest BCUT2D eigenvalue weighted by molar-refractivity contribution is -0.0461. The van der Waals surface area contributed by atoms with Crippen LogP contribution in [0.5, 0.6) is 0 Å². The molecule has 0 aromatic carbocycles. The highest BCUT2D eigenvalue weighted by Crippen LogP contribution is 2.19. The van der Waals surface area contributed by atoms with Gasteiger partial charge in [-0.05, 0) is 11.4 Å². The molecule has 0 radical (unpaired) electrons. The van der Waals surface area contributed by atoms with Crippen LogP contribution < -0.4 is 11.1 Å². The highest BCUT2D eigenvalue weighted by molar-refractivity contribution is 7.12. The summed E-state index contributed by atoms with van der Waals surface area (Å²) in [5, 5.41) is 11.9. The van der Waals surface area contributed by atoms with Crippen molar-refractivity contribution < 1.29 is 18.7 Å². The number of hydrogen-bond donors (Lipinski definition) is 3. The number of hydrogen-bond acceptors (Lipinski definition) is 4. The van der Waals surface area contributed by atoms with Gasteiger partial charge in [-0.3, -0.25) is 4.79 Å². The minimum Gasteiger partial charge on any atom is -0.397 e. The number of halogens is 2. The second-order valence-corrected chi connectivity index (χ2v) is 3.82. The van der Waals surface area contributed by atoms with Crippen LogP contribution in [-0.4, -0.2) is 30.1 Å². The van der Waals surface area contributed by atoms with E-state index in [0.717, 1.165) is 11.3 Å². The molecule has 0 saturated heterocycles. The molecule has 4 N–H and O–H groups in total. The number of nitrogens with one attached hydrogen (secondary N) is 1. The van der Waals surface area contributed by atoms with Crippen molar-refractivity contribution in [3.63, 3.8) is 0 Å². The Balaban J connectivity index is 2.55. The number of rotatable bonds is 4. The molecule has 1 aromatic rings. The Morgan fingerprint density at radius 3 is 2.80 bits per heavy atom. The van der Waals surface area contributed by atoms with Crippen molar-refractivity contribution in [2.45, 2.75) is 5.92 Å². The molecule has 7 heteroatoms. The molecule has 0 atom stereocenters. The van der Waals surface area contributed by atoms with E-state index in [9.17, 15) is 13.6 Å². The molecule has 0 aliphatic rings. The number of nitrogens with two attached hydrogens (primary N) is 1. The fourth-order valence-corrected chi connectivity index (χ4v) is 1.58. The zero-order chi connectivity index (χ0) is 11.5. The number of alkyl halides is 2. The summed E-state index contributed by atoms with van der Waals surface area (Å²) in [6.45, 7) is -2.20. The molecule has 15 heavy (non-hydrogen) atoms. The van der Waals surface area contributed by atoms with Gasteiger partial charge in [0.15, 0.2) is 0 Å². The van der Waals surface area contributed by atoms with E-state index in [-0.39, 0.29) is 10.6 Å². The third-order valence-corrected chi connectivity index (χ3v) is 2.57. The van der Waals surface area contributed by atoms with Gasteiger partial charge >= 0.3 is 0 Å². The first-order valence-corrected chi connectivity index (χ1v) is 4.94. The van der Waals surface area contributed by atoms with Crippen molar-refractivity contribution in [1.82, 2.24) is 5.32 Å². The average molecular weight is 236 g/mol. The molecule has 1 aromatic heterocycles. The largest absolute Gasteiger partial charge is 0.397 e. The molecule has 0 spiro atoms. The molecular weight excluding hydrogens is 226 g/mol. The molecule has 84 valence electrons. The average Bonchev–Trinajstić information content (AvgIpc) is 2.61. The van der Waals surface area contributed by atoms with E-state index < -0.39 is 25.0 Å². The van der Waals surface area contributed by atoms with E-state index in [1.807, 2.05) is 5.32 Å². The van der Waals surface area contributed by atoms with Gasteiger partial charge in [0.25, 0.3) is 11.8 Å². The van der Waals surface area contributed by atoms with E-state index >= 15 is 0 Å². The summed E-state index contributed by atoms with van der Waals surface area (Å²) < 4.78 is 25.1. The molecule has 1 rings (SSSR count). The molecule has 1 amide bonds. The second kappa shape index (κ2) is 4.54. The van der Waals surface area contributed by atoms with Gasteiger partial charge in [-0.1, -0.05) is 0 Å². The van der Waals surface area contributed by atoms with Gasteiger partial charge in [0, 0.05) is 0 Å². The molecule has 0 bridgehead atoms. The van der Waals surface area contributed by atoms with E-state index in [2.05, 4.69) is 0 Å². The Hall–Kier alpha value is -1.21. The summed E-state index contributed by atoms with van der Waals surface area (Å²) >= 11 is 1.07. The van der Waals surface area contributed by atoms with Gasteiger partial charge in [-0.25, -0.2) is 8.78 Å². The molecule has 0 aliphatic carbocycles. The third kappa shape index (κ3) is 3.14. The predicted octanol–water partition coefficient (Wildman–Crippen LogP) is 0.688. The van der Waals surface area contributed by atoms with E-state index in [1.54, 1.807) is 5.38 Å². The maximum Gasteiger partial charge on any atom is 0.287 e. The summed E-state index contributed by atoms with van der Waals surface area (Å²) in [7, 11) is 0.